The van der Waals surface area contributed by atoms with Crippen LogP contribution in [0.5, 0.6) is 11.6 Å². The molecule has 0 bridgehead atoms. The van der Waals surface area contributed by atoms with Gasteiger partial charge in [0, 0.05) is 17.5 Å². The van der Waals surface area contributed by atoms with Gasteiger partial charge in [0.15, 0.2) is 11.6 Å². The van der Waals surface area contributed by atoms with Crippen LogP contribution in [0, 0.1) is 23.0 Å². The summed E-state index contributed by atoms with van der Waals surface area (Å²) in [5.41, 5.74) is 3.58. The third kappa shape index (κ3) is 5.77. The number of hydrogen-bond acceptors (Lipinski definition) is 4. The van der Waals surface area contributed by atoms with Gasteiger partial charge in [-0.3, -0.25) is 4.79 Å². The number of benzene rings is 2. The zero-order valence-corrected chi connectivity index (χ0v) is 22.7. The van der Waals surface area contributed by atoms with Crippen LogP contribution in [0.3, 0.4) is 0 Å². The molecule has 0 radical (unpaired) electrons. The fraction of sp³-hybridized carbons (Fsp3) is 0.438. The molecule has 5 nitrogen and oxygen atoms in total. The highest BCUT2D eigenvalue weighted by Gasteiger charge is 2.38. The maximum absolute atomic E-state index is 15.5. The lowest BCUT2D eigenvalue weighted by atomic mass is 9.75. The summed E-state index contributed by atoms with van der Waals surface area (Å²) in [6, 6.07) is 12.4. The van der Waals surface area contributed by atoms with Gasteiger partial charge in [-0.1, -0.05) is 50.6 Å². The van der Waals surface area contributed by atoms with E-state index in [4.69, 9.17) is 9.47 Å². The summed E-state index contributed by atoms with van der Waals surface area (Å²) < 4.78 is 41.7. The number of pyridine rings is 1. The van der Waals surface area contributed by atoms with Gasteiger partial charge in [0.2, 0.25) is 5.88 Å². The van der Waals surface area contributed by atoms with Gasteiger partial charge in [0.05, 0.1) is 19.7 Å². The summed E-state index contributed by atoms with van der Waals surface area (Å²) >= 11 is 0. The van der Waals surface area contributed by atoms with Gasteiger partial charge in [-0.25, -0.2) is 13.8 Å². The van der Waals surface area contributed by atoms with Gasteiger partial charge < -0.3 is 14.6 Å². The second-order valence-corrected chi connectivity index (χ2v) is 11.6. The number of carbonyl (C=O) groups is 1. The normalized spacial score (nSPS) is 19.1. The fourth-order valence-electron chi connectivity index (χ4n) is 6.18. The van der Waals surface area contributed by atoms with Crippen LogP contribution in [0.4, 0.5) is 8.78 Å². The third-order valence-corrected chi connectivity index (χ3v) is 8.45. The summed E-state index contributed by atoms with van der Waals surface area (Å²) in [6.07, 6.45) is 6.09. The molecule has 2 saturated carbocycles. The van der Waals surface area contributed by atoms with Crippen molar-refractivity contribution < 1.29 is 28.2 Å². The van der Waals surface area contributed by atoms with Gasteiger partial charge in [-0.05, 0) is 71.3 Å². The number of nitrogens with zero attached hydrogens (tertiary/aromatic N) is 1. The van der Waals surface area contributed by atoms with Crippen LogP contribution < -0.4 is 9.47 Å². The first kappa shape index (κ1) is 27.1. The molecular formula is C32H35F2NO4. The Bertz CT molecular complexity index is 1370. The van der Waals surface area contributed by atoms with Crippen molar-refractivity contribution in [2.24, 2.45) is 11.3 Å². The Morgan fingerprint density at radius 1 is 1.13 bits per heavy atom. The monoisotopic (exact) mass is 535 g/mol. The molecule has 2 aliphatic rings. The van der Waals surface area contributed by atoms with E-state index in [1.165, 1.54) is 13.3 Å². The average Bonchev–Trinajstić information content (AvgIpc) is 3.69. The molecule has 7 heteroatoms. The SMILES string of the molecule is COc1cc(-c2ccc(COc3cccc([C@H](CC(=O)O)C4CC4)c3F)cc2[C@@H]2CCCC2(C)C)c(F)cn1. The van der Waals surface area contributed by atoms with Gasteiger partial charge >= 0.3 is 5.97 Å². The molecule has 0 unspecified atom stereocenters. The van der Waals surface area contributed by atoms with E-state index < -0.39 is 17.6 Å². The molecular weight excluding hydrogens is 500 g/mol. The lowest BCUT2D eigenvalue weighted by molar-refractivity contribution is -0.137. The van der Waals surface area contributed by atoms with E-state index in [1.807, 2.05) is 12.1 Å². The van der Waals surface area contributed by atoms with E-state index in [0.29, 0.717) is 17.0 Å². The van der Waals surface area contributed by atoms with Crippen molar-refractivity contribution in [1.82, 2.24) is 4.98 Å². The van der Waals surface area contributed by atoms with Crippen LogP contribution in [0.15, 0.2) is 48.7 Å². The van der Waals surface area contributed by atoms with Crippen molar-refractivity contribution in [3.63, 3.8) is 0 Å². The number of carboxylic acid groups (broad SMARTS) is 1. The quantitative estimate of drug-likeness (QED) is 0.286. The molecule has 0 spiro atoms. The zero-order valence-electron chi connectivity index (χ0n) is 22.7. The van der Waals surface area contributed by atoms with E-state index in [1.54, 1.807) is 24.3 Å². The molecule has 2 aliphatic carbocycles. The molecule has 1 heterocycles. The molecule has 0 amide bonds. The van der Waals surface area contributed by atoms with Crippen molar-refractivity contribution in [3.8, 4) is 22.8 Å². The van der Waals surface area contributed by atoms with Crippen LogP contribution in [0.25, 0.3) is 11.1 Å². The van der Waals surface area contributed by atoms with E-state index in [2.05, 4.69) is 24.9 Å². The molecule has 3 aromatic rings. The van der Waals surface area contributed by atoms with Crippen LogP contribution in [-0.2, 0) is 11.4 Å². The molecule has 39 heavy (non-hydrogen) atoms. The minimum Gasteiger partial charge on any atom is -0.486 e. The molecule has 0 saturated heterocycles. The lowest BCUT2D eigenvalue weighted by Gasteiger charge is -2.30. The number of hydrogen-bond donors (Lipinski definition) is 1. The average molecular weight is 536 g/mol. The number of aromatic nitrogens is 1. The van der Waals surface area contributed by atoms with Crippen molar-refractivity contribution in [2.75, 3.05) is 7.11 Å². The standard InChI is InChI=1S/C32H35F2NO4/c1-32(2)13-5-7-26(32)24-14-19(9-12-21(24)25-15-29(38-3)35-17-27(25)33)18-39-28-8-4-6-22(31(28)34)23(16-30(36)37)20-10-11-20/h4,6,8-9,12,14-15,17,20,23,26H,5,7,10-11,13,16,18H2,1-3H3,(H,36,37)/t23-,26+/m1/s1. The van der Waals surface area contributed by atoms with Crippen molar-refractivity contribution in [3.05, 3.63) is 77.0 Å². The molecule has 206 valence electrons. The van der Waals surface area contributed by atoms with E-state index >= 15 is 4.39 Å². The number of aliphatic carboxylic acids is 1. The smallest absolute Gasteiger partial charge is 0.303 e. The summed E-state index contributed by atoms with van der Waals surface area (Å²) in [4.78, 5) is 15.4. The minimum atomic E-state index is -0.927. The van der Waals surface area contributed by atoms with E-state index in [-0.39, 0.29) is 41.9 Å². The molecule has 5 rings (SSSR count). The maximum Gasteiger partial charge on any atom is 0.303 e. The number of rotatable bonds is 10. The first-order valence-electron chi connectivity index (χ1n) is 13.6. The Morgan fingerprint density at radius 2 is 1.92 bits per heavy atom. The number of methoxy groups -OCH3 is 1. The molecule has 1 aromatic heterocycles. The molecule has 2 atom stereocenters. The van der Waals surface area contributed by atoms with Crippen LogP contribution in [0.2, 0.25) is 0 Å². The molecule has 2 fully saturated rings. The van der Waals surface area contributed by atoms with Crippen molar-refractivity contribution in [1.29, 1.82) is 0 Å². The van der Waals surface area contributed by atoms with Gasteiger partial charge in [0.25, 0.3) is 0 Å². The van der Waals surface area contributed by atoms with Gasteiger partial charge in [-0.15, -0.1) is 0 Å². The topological polar surface area (TPSA) is 68.7 Å². The highest BCUT2D eigenvalue weighted by atomic mass is 19.1. The minimum absolute atomic E-state index is 0.0459. The Labute approximate surface area is 228 Å². The summed E-state index contributed by atoms with van der Waals surface area (Å²) in [7, 11) is 1.51. The van der Waals surface area contributed by atoms with E-state index in [0.717, 1.165) is 48.8 Å². The highest BCUT2D eigenvalue weighted by Crippen LogP contribution is 2.51. The molecule has 0 aliphatic heterocycles. The van der Waals surface area contributed by atoms with Gasteiger partial charge in [-0.2, -0.15) is 0 Å². The highest BCUT2D eigenvalue weighted by molar-refractivity contribution is 5.70. The lowest BCUT2D eigenvalue weighted by Crippen LogP contribution is -2.17. The largest absolute Gasteiger partial charge is 0.486 e. The zero-order chi connectivity index (χ0) is 27.7. The Balaban J connectivity index is 1.46. The summed E-state index contributed by atoms with van der Waals surface area (Å²) in [5.74, 6) is -1.31. The number of halogens is 2. The third-order valence-electron chi connectivity index (χ3n) is 8.45. The Kier molecular flexibility index (Phi) is 7.61. The Morgan fingerprint density at radius 3 is 2.59 bits per heavy atom. The van der Waals surface area contributed by atoms with Crippen LogP contribution in [-0.4, -0.2) is 23.2 Å². The van der Waals surface area contributed by atoms with Crippen molar-refractivity contribution in [2.45, 2.75) is 70.8 Å². The molecule has 1 N–H and O–H groups in total. The van der Waals surface area contributed by atoms with E-state index in [9.17, 15) is 14.3 Å². The Hall–Kier alpha value is -3.48. The van der Waals surface area contributed by atoms with Gasteiger partial charge in [0.1, 0.15) is 12.4 Å². The van der Waals surface area contributed by atoms with Crippen molar-refractivity contribution >= 4 is 5.97 Å². The van der Waals surface area contributed by atoms with Crippen LogP contribution in [0.1, 0.15) is 80.9 Å². The fourth-order valence-corrected chi connectivity index (χ4v) is 6.18. The first-order chi connectivity index (χ1) is 18.7. The van der Waals surface area contributed by atoms with Crippen LogP contribution >= 0.6 is 0 Å². The second kappa shape index (κ2) is 10.9. The maximum atomic E-state index is 15.5. The number of ether oxygens (including phenoxy) is 2. The first-order valence-corrected chi connectivity index (χ1v) is 13.6. The summed E-state index contributed by atoms with van der Waals surface area (Å²) in [5, 5.41) is 9.35. The molecule has 2 aromatic carbocycles. The summed E-state index contributed by atoms with van der Waals surface area (Å²) in [6.45, 7) is 4.63. The predicted octanol–water partition coefficient (Wildman–Crippen LogP) is 7.88. The second-order valence-electron chi connectivity index (χ2n) is 11.6. The predicted molar refractivity (Wildman–Crippen MR) is 145 cm³/mol. The number of carboxylic acids is 1.